The van der Waals surface area contributed by atoms with Gasteiger partial charge in [0, 0.05) is 24.2 Å². The summed E-state index contributed by atoms with van der Waals surface area (Å²) in [5.41, 5.74) is 0.563. The zero-order valence-electron chi connectivity index (χ0n) is 16.3. The fourth-order valence-corrected chi connectivity index (χ4v) is 4.18. The predicted molar refractivity (Wildman–Crippen MR) is 105 cm³/mol. The minimum absolute atomic E-state index is 0.227. The number of methoxy groups -OCH3 is 1. The molecule has 0 aliphatic carbocycles. The number of pyridine rings is 1. The number of thiophene rings is 1. The average molecular weight is 391 g/mol. The predicted octanol–water partition coefficient (Wildman–Crippen LogP) is 4.27. The molecule has 1 aliphatic heterocycles. The molecule has 3 heterocycles. The molecule has 7 heteroatoms. The van der Waals surface area contributed by atoms with Crippen LogP contribution >= 0.6 is 11.3 Å². The lowest BCUT2D eigenvalue weighted by atomic mass is 9.92. The molecule has 1 fully saturated rings. The number of ether oxygens (including phenoxy) is 2. The third-order valence-electron chi connectivity index (χ3n) is 4.59. The van der Waals surface area contributed by atoms with Crippen molar-refractivity contribution < 1.29 is 19.1 Å². The number of carbonyl (C=O) groups excluding carboxylic acids is 2. The SMILES string of the molecule is COC(=O)c1cc2ccc(CC3CCN(C(=O)OC(C)(C)C)CC3)nc2s1. The fraction of sp³-hybridized carbons (Fsp3) is 0.550. The summed E-state index contributed by atoms with van der Waals surface area (Å²) in [6, 6.07) is 5.86. The zero-order valence-corrected chi connectivity index (χ0v) is 17.1. The van der Waals surface area contributed by atoms with Gasteiger partial charge in [-0.15, -0.1) is 11.3 Å². The third-order valence-corrected chi connectivity index (χ3v) is 5.62. The van der Waals surface area contributed by atoms with Crippen molar-refractivity contribution in [3.8, 4) is 0 Å². The van der Waals surface area contributed by atoms with Crippen LogP contribution in [-0.4, -0.2) is 47.7 Å². The summed E-state index contributed by atoms with van der Waals surface area (Å²) in [4.78, 5) is 31.8. The number of piperidine rings is 1. The first-order valence-electron chi connectivity index (χ1n) is 9.21. The topological polar surface area (TPSA) is 68.7 Å². The largest absolute Gasteiger partial charge is 0.465 e. The quantitative estimate of drug-likeness (QED) is 0.732. The molecule has 0 aromatic carbocycles. The van der Waals surface area contributed by atoms with Crippen LogP contribution in [-0.2, 0) is 15.9 Å². The first kappa shape index (κ1) is 19.6. The molecule has 27 heavy (non-hydrogen) atoms. The highest BCUT2D eigenvalue weighted by Crippen LogP contribution is 2.27. The van der Waals surface area contributed by atoms with E-state index in [1.165, 1.54) is 18.4 Å². The van der Waals surface area contributed by atoms with E-state index >= 15 is 0 Å². The number of amides is 1. The van der Waals surface area contributed by atoms with Crippen LogP contribution in [0.2, 0.25) is 0 Å². The Balaban J connectivity index is 1.58. The number of fused-ring (bicyclic) bond motifs is 1. The maximum Gasteiger partial charge on any atom is 0.410 e. The summed E-state index contributed by atoms with van der Waals surface area (Å²) < 4.78 is 10.2. The molecule has 3 rings (SSSR count). The molecule has 2 aromatic rings. The van der Waals surface area contributed by atoms with Crippen molar-refractivity contribution in [2.45, 2.75) is 45.6 Å². The maximum absolute atomic E-state index is 12.2. The van der Waals surface area contributed by atoms with Crippen LogP contribution in [0.1, 0.15) is 49.0 Å². The van der Waals surface area contributed by atoms with Crippen LogP contribution in [0.25, 0.3) is 10.2 Å². The van der Waals surface area contributed by atoms with E-state index in [-0.39, 0.29) is 12.1 Å². The van der Waals surface area contributed by atoms with Crippen molar-refractivity contribution in [1.82, 2.24) is 9.88 Å². The van der Waals surface area contributed by atoms with Crippen molar-refractivity contribution in [2.75, 3.05) is 20.2 Å². The molecule has 0 spiro atoms. The Morgan fingerprint density at radius 3 is 2.59 bits per heavy atom. The zero-order chi connectivity index (χ0) is 19.6. The van der Waals surface area contributed by atoms with E-state index in [1.54, 1.807) is 4.90 Å². The second-order valence-corrected chi connectivity index (χ2v) is 8.94. The first-order valence-corrected chi connectivity index (χ1v) is 10.0. The van der Waals surface area contributed by atoms with E-state index in [9.17, 15) is 9.59 Å². The van der Waals surface area contributed by atoms with Gasteiger partial charge in [0.1, 0.15) is 15.3 Å². The number of esters is 1. The molecule has 0 saturated carbocycles. The lowest BCUT2D eigenvalue weighted by Crippen LogP contribution is -2.42. The second kappa shape index (κ2) is 7.84. The Labute approximate surface area is 163 Å². The molecule has 1 saturated heterocycles. The van der Waals surface area contributed by atoms with Gasteiger partial charge in [0.2, 0.25) is 0 Å². The Morgan fingerprint density at radius 2 is 1.96 bits per heavy atom. The summed E-state index contributed by atoms with van der Waals surface area (Å²) in [6.07, 6.45) is 2.53. The van der Waals surface area contributed by atoms with E-state index < -0.39 is 5.60 Å². The Kier molecular flexibility index (Phi) is 5.69. The molecule has 146 valence electrons. The number of rotatable bonds is 3. The standard InChI is InChI=1S/C20H26N2O4S/c1-20(2,3)26-19(24)22-9-7-13(8-10-22)11-15-6-5-14-12-16(18(23)25-4)27-17(14)21-15/h5-6,12-13H,7-11H2,1-4H3. The second-order valence-electron chi connectivity index (χ2n) is 7.91. The van der Waals surface area contributed by atoms with Gasteiger partial charge in [-0.2, -0.15) is 0 Å². The van der Waals surface area contributed by atoms with Gasteiger partial charge < -0.3 is 14.4 Å². The highest BCUT2D eigenvalue weighted by molar-refractivity contribution is 7.20. The van der Waals surface area contributed by atoms with Gasteiger partial charge >= 0.3 is 12.1 Å². The Bertz CT molecular complexity index is 832. The van der Waals surface area contributed by atoms with Crippen LogP contribution in [0.4, 0.5) is 4.79 Å². The van der Waals surface area contributed by atoms with Crippen molar-refractivity contribution >= 4 is 33.6 Å². The molecule has 1 aliphatic rings. The molecule has 0 bridgehead atoms. The van der Waals surface area contributed by atoms with Gasteiger partial charge in [0.15, 0.2) is 0 Å². The van der Waals surface area contributed by atoms with Gasteiger partial charge in [-0.05, 0) is 58.1 Å². The smallest absolute Gasteiger partial charge is 0.410 e. The molecule has 1 amide bonds. The molecule has 0 N–H and O–H groups in total. The number of likely N-dealkylation sites (tertiary alicyclic amines) is 1. The molecule has 0 atom stereocenters. The van der Waals surface area contributed by atoms with Crippen LogP contribution in [0.3, 0.4) is 0 Å². The molecular weight excluding hydrogens is 364 g/mol. The van der Waals surface area contributed by atoms with Gasteiger partial charge in [0.05, 0.1) is 7.11 Å². The van der Waals surface area contributed by atoms with Crippen molar-refractivity contribution in [2.24, 2.45) is 5.92 Å². The summed E-state index contributed by atoms with van der Waals surface area (Å²) >= 11 is 1.36. The number of carbonyl (C=O) groups is 2. The van der Waals surface area contributed by atoms with E-state index in [0.717, 1.165) is 35.2 Å². The Hall–Kier alpha value is -2.15. The number of hydrogen-bond donors (Lipinski definition) is 0. The summed E-state index contributed by atoms with van der Waals surface area (Å²) in [5.74, 6) is 0.169. The van der Waals surface area contributed by atoms with Crippen LogP contribution in [0.15, 0.2) is 18.2 Å². The van der Waals surface area contributed by atoms with Gasteiger partial charge in [-0.3, -0.25) is 0 Å². The van der Waals surface area contributed by atoms with Crippen molar-refractivity contribution in [3.63, 3.8) is 0 Å². The van der Waals surface area contributed by atoms with Gasteiger partial charge in [0.25, 0.3) is 0 Å². The van der Waals surface area contributed by atoms with E-state index in [2.05, 4.69) is 0 Å². The van der Waals surface area contributed by atoms with Gasteiger partial charge in [-0.1, -0.05) is 6.07 Å². The van der Waals surface area contributed by atoms with Crippen LogP contribution < -0.4 is 0 Å². The first-order chi connectivity index (χ1) is 12.7. The summed E-state index contributed by atoms with van der Waals surface area (Å²) in [6.45, 7) is 7.08. The van der Waals surface area contributed by atoms with Crippen molar-refractivity contribution in [1.29, 1.82) is 0 Å². The molecule has 6 nitrogen and oxygen atoms in total. The lowest BCUT2D eigenvalue weighted by Gasteiger charge is -2.33. The summed E-state index contributed by atoms with van der Waals surface area (Å²) in [7, 11) is 1.38. The highest BCUT2D eigenvalue weighted by Gasteiger charge is 2.27. The van der Waals surface area contributed by atoms with E-state index in [1.807, 2.05) is 39.0 Å². The van der Waals surface area contributed by atoms with Crippen LogP contribution in [0.5, 0.6) is 0 Å². The minimum Gasteiger partial charge on any atom is -0.465 e. The monoisotopic (exact) mass is 390 g/mol. The number of nitrogens with zero attached hydrogens (tertiary/aromatic N) is 2. The minimum atomic E-state index is -0.461. The van der Waals surface area contributed by atoms with E-state index in [0.29, 0.717) is 23.9 Å². The highest BCUT2D eigenvalue weighted by atomic mass is 32.1. The average Bonchev–Trinajstić information content (AvgIpc) is 3.03. The van der Waals surface area contributed by atoms with Crippen LogP contribution in [0, 0.1) is 5.92 Å². The molecular formula is C20H26N2O4S. The lowest BCUT2D eigenvalue weighted by molar-refractivity contribution is 0.0184. The van der Waals surface area contributed by atoms with Gasteiger partial charge in [-0.25, -0.2) is 14.6 Å². The molecule has 0 radical (unpaired) electrons. The maximum atomic E-state index is 12.2. The Morgan fingerprint density at radius 1 is 1.26 bits per heavy atom. The normalized spacial score (nSPS) is 15.8. The molecule has 2 aromatic heterocycles. The van der Waals surface area contributed by atoms with Crippen molar-refractivity contribution in [3.05, 3.63) is 28.8 Å². The number of hydrogen-bond acceptors (Lipinski definition) is 6. The fourth-order valence-electron chi connectivity index (χ4n) is 3.21. The number of aromatic nitrogens is 1. The molecule has 0 unspecified atom stereocenters. The summed E-state index contributed by atoms with van der Waals surface area (Å²) in [5, 5.41) is 0.962. The third kappa shape index (κ3) is 4.97. The van der Waals surface area contributed by atoms with E-state index in [4.69, 9.17) is 14.5 Å².